The Morgan fingerprint density at radius 3 is 2.38 bits per heavy atom. The molecular weight excluding hydrogens is 200 g/mol. The van der Waals surface area contributed by atoms with Gasteiger partial charge in [-0.2, -0.15) is 0 Å². The second-order valence-electron chi connectivity index (χ2n) is 5.88. The second kappa shape index (κ2) is 4.38. The van der Waals surface area contributed by atoms with Gasteiger partial charge in [0.25, 0.3) is 0 Å². The molecule has 2 saturated carbocycles. The van der Waals surface area contributed by atoms with Gasteiger partial charge >= 0.3 is 5.97 Å². The monoisotopic (exact) mass is 224 g/mol. The quantitative estimate of drug-likeness (QED) is 0.683. The van der Waals surface area contributed by atoms with Crippen LogP contribution in [0.1, 0.15) is 65.2 Å². The molecule has 16 heavy (non-hydrogen) atoms. The maximum absolute atomic E-state index is 11.7. The molecule has 2 aliphatic carbocycles. The highest BCUT2D eigenvalue weighted by atomic mass is 16.5. The lowest BCUT2D eigenvalue weighted by molar-refractivity contribution is -0.147. The summed E-state index contributed by atoms with van der Waals surface area (Å²) in [5.74, 6) is 0.0122. The number of carbonyl (C=O) groups excluding carboxylic acids is 1. The molecule has 0 N–H and O–H groups in total. The number of carbonyl (C=O) groups is 1. The summed E-state index contributed by atoms with van der Waals surface area (Å²) in [5, 5.41) is 0. The summed E-state index contributed by atoms with van der Waals surface area (Å²) in [6.07, 6.45) is 9.88. The lowest BCUT2D eigenvalue weighted by Crippen LogP contribution is -2.35. The van der Waals surface area contributed by atoms with Crippen LogP contribution < -0.4 is 0 Å². The highest BCUT2D eigenvalue weighted by Crippen LogP contribution is 2.62. The summed E-state index contributed by atoms with van der Waals surface area (Å²) in [6.45, 7) is 4.73. The van der Waals surface area contributed by atoms with Crippen molar-refractivity contribution in [1.29, 1.82) is 0 Å². The normalized spacial score (nSPS) is 32.1. The molecule has 1 atom stereocenters. The molecule has 1 spiro atoms. The Labute approximate surface area is 98.7 Å². The molecule has 2 fully saturated rings. The fourth-order valence-electron chi connectivity index (χ4n) is 4.10. The molecule has 0 aromatic heterocycles. The van der Waals surface area contributed by atoms with Crippen molar-refractivity contribution in [2.45, 2.75) is 65.2 Å². The average molecular weight is 224 g/mol. The van der Waals surface area contributed by atoms with E-state index in [1.54, 1.807) is 0 Å². The third-order valence-electron chi connectivity index (χ3n) is 5.06. The molecule has 92 valence electrons. The Balaban J connectivity index is 2.07. The predicted octanol–water partition coefficient (Wildman–Crippen LogP) is 3.69. The molecule has 0 saturated heterocycles. The van der Waals surface area contributed by atoms with Crippen LogP contribution in [0.4, 0.5) is 0 Å². The van der Waals surface area contributed by atoms with E-state index in [4.69, 9.17) is 4.74 Å². The van der Waals surface area contributed by atoms with Gasteiger partial charge in [-0.1, -0.05) is 26.2 Å². The molecule has 2 heteroatoms. The van der Waals surface area contributed by atoms with Gasteiger partial charge in [0.15, 0.2) is 0 Å². The number of esters is 1. The fraction of sp³-hybridized carbons (Fsp3) is 0.929. The SMILES string of the molecule is CCOC(=O)CC1(C)CCCC12CCCC2. The van der Waals surface area contributed by atoms with Gasteiger partial charge in [-0.3, -0.25) is 4.79 Å². The molecule has 0 amide bonds. The minimum atomic E-state index is 0.0122. The van der Waals surface area contributed by atoms with Crippen LogP contribution in [0.5, 0.6) is 0 Å². The van der Waals surface area contributed by atoms with Crippen molar-refractivity contribution in [3.8, 4) is 0 Å². The number of hydrogen-bond donors (Lipinski definition) is 0. The largest absolute Gasteiger partial charge is 0.466 e. The van der Waals surface area contributed by atoms with E-state index in [0.717, 1.165) is 0 Å². The maximum atomic E-state index is 11.7. The van der Waals surface area contributed by atoms with Crippen molar-refractivity contribution in [2.24, 2.45) is 10.8 Å². The van der Waals surface area contributed by atoms with Crippen molar-refractivity contribution in [3.05, 3.63) is 0 Å². The summed E-state index contributed by atoms with van der Waals surface area (Å²) in [5.41, 5.74) is 0.690. The van der Waals surface area contributed by atoms with Gasteiger partial charge in [-0.15, -0.1) is 0 Å². The van der Waals surface area contributed by atoms with E-state index in [0.29, 0.717) is 18.4 Å². The molecule has 2 nitrogen and oxygen atoms in total. The van der Waals surface area contributed by atoms with Gasteiger partial charge < -0.3 is 4.74 Å². The van der Waals surface area contributed by atoms with Crippen molar-refractivity contribution in [3.63, 3.8) is 0 Å². The van der Waals surface area contributed by atoms with Crippen LogP contribution in [-0.2, 0) is 9.53 Å². The zero-order chi connectivity index (χ0) is 11.6. The Hall–Kier alpha value is -0.530. The molecule has 0 heterocycles. The van der Waals surface area contributed by atoms with Gasteiger partial charge in [0.1, 0.15) is 0 Å². The molecule has 2 rings (SSSR count). The molecule has 0 aliphatic heterocycles. The highest BCUT2D eigenvalue weighted by Gasteiger charge is 2.53. The summed E-state index contributed by atoms with van der Waals surface area (Å²) >= 11 is 0. The van der Waals surface area contributed by atoms with Crippen molar-refractivity contribution in [2.75, 3.05) is 6.61 Å². The lowest BCUT2D eigenvalue weighted by atomic mass is 9.64. The Kier molecular flexibility index (Phi) is 3.27. The van der Waals surface area contributed by atoms with Crippen LogP contribution in [0.2, 0.25) is 0 Å². The fourth-order valence-corrected chi connectivity index (χ4v) is 4.10. The summed E-state index contributed by atoms with van der Waals surface area (Å²) in [6, 6.07) is 0. The minimum absolute atomic E-state index is 0.0122. The van der Waals surface area contributed by atoms with Crippen LogP contribution in [-0.4, -0.2) is 12.6 Å². The first kappa shape index (κ1) is 11.9. The minimum Gasteiger partial charge on any atom is -0.466 e. The van der Waals surface area contributed by atoms with Gasteiger partial charge in [-0.05, 0) is 43.4 Å². The van der Waals surface area contributed by atoms with E-state index >= 15 is 0 Å². The smallest absolute Gasteiger partial charge is 0.306 e. The molecule has 2 aliphatic rings. The second-order valence-corrected chi connectivity index (χ2v) is 5.88. The van der Waals surface area contributed by atoms with E-state index in [9.17, 15) is 4.79 Å². The topological polar surface area (TPSA) is 26.3 Å². The molecule has 1 unspecified atom stereocenters. The number of hydrogen-bond acceptors (Lipinski definition) is 2. The summed E-state index contributed by atoms with van der Waals surface area (Å²) in [7, 11) is 0. The lowest BCUT2D eigenvalue weighted by Gasteiger charge is -2.40. The van der Waals surface area contributed by atoms with Crippen LogP contribution in [0.25, 0.3) is 0 Å². The zero-order valence-electron chi connectivity index (χ0n) is 10.7. The van der Waals surface area contributed by atoms with Crippen LogP contribution in [0.3, 0.4) is 0 Å². The van der Waals surface area contributed by atoms with Gasteiger partial charge in [0.05, 0.1) is 13.0 Å². The van der Waals surface area contributed by atoms with Gasteiger partial charge in [0, 0.05) is 0 Å². The average Bonchev–Trinajstić information content (AvgIpc) is 2.78. The van der Waals surface area contributed by atoms with Crippen molar-refractivity contribution in [1.82, 2.24) is 0 Å². The Bertz CT molecular complexity index is 260. The molecule has 0 radical (unpaired) electrons. The van der Waals surface area contributed by atoms with Crippen molar-refractivity contribution >= 4 is 5.97 Å². The molecule has 0 aromatic rings. The van der Waals surface area contributed by atoms with Crippen LogP contribution in [0.15, 0.2) is 0 Å². The third-order valence-corrected chi connectivity index (χ3v) is 5.06. The first-order chi connectivity index (χ1) is 7.62. The predicted molar refractivity (Wildman–Crippen MR) is 64.1 cm³/mol. The van der Waals surface area contributed by atoms with E-state index in [2.05, 4.69) is 6.92 Å². The van der Waals surface area contributed by atoms with Crippen LogP contribution in [0, 0.1) is 10.8 Å². The molecule has 0 bridgehead atoms. The highest BCUT2D eigenvalue weighted by molar-refractivity contribution is 5.70. The van der Waals surface area contributed by atoms with Gasteiger partial charge in [0.2, 0.25) is 0 Å². The Morgan fingerprint density at radius 1 is 1.12 bits per heavy atom. The third kappa shape index (κ3) is 1.87. The first-order valence-corrected chi connectivity index (χ1v) is 6.78. The van der Waals surface area contributed by atoms with Crippen LogP contribution >= 0.6 is 0 Å². The van der Waals surface area contributed by atoms with E-state index in [1.165, 1.54) is 44.9 Å². The zero-order valence-corrected chi connectivity index (χ0v) is 10.7. The Morgan fingerprint density at radius 2 is 1.75 bits per heavy atom. The standard InChI is InChI=1S/C14H24O2/c1-3-16-12(15)11-13(2)7-6-10-14(13)8-4-5-9-14/h3-11H2,1-2H3. The first-order valence-electron chi connectivity index (χ1n) is 6.78. The summed E-state index contributed by atoms with van der Waals surface area (Å²) < 4.78 is 5.13. The van der Waals surface area contributed by atoms with E-state index in [1.807, 2.05) is 6.92 Å². The maximum Gasteiger partial charge on any atom is 0.306 e. The molecule has 0 aromatic carbocycles. The number of rotatable bonds is 3. The van der Waals surface area contributed by atoms with E-state index in [-0.39, 0.29) is 11.4 Å². The van der Waals surface area contributed by atoms with E-state index < -0.39 is 0 Å². The number of ether oxygens (including phenoxy) is 1. The molecular formula is C14H24O2. The van der Waals surface area contributed by atoms with Gasteiger partial charge in [-0.25, -0.2) is 0 Å². The summed E-state index contributed by atoms with van der Waals surface area (Å²) in [4.78, 5) is 11.7. The van der Waals surface area contributed by atoms with Crippen molar-refractivity contribution < 1.29 is 9.53 Å².